The summed E-state index contributed by atoms with van der Waals surface area (Å²) in [5.41, 5.74) is 3.73. The van der Waals surface area contributed by atoms with Gasteiger partial charge < -0.3 is 11.1 Å². The quantitative estimate of drug-likeness (QED) is 0.478. The first kappa shape index (κ1) is 12.1. The molecule has 0 aliphatic rings. The third-order valence-corrected chi connectivity index (χ3v) is 1.82. The zero-order valence-corrected chi connectivity index (χ0v) is 8.69. The van der Waals surface area contributed by atoms with Crippen LogP contribution in [0.15, 0.2) is 9.59 Å². The van der Waals surface area contributed by atoms with Crippen molar-refractivity contribution in [2.45, 2.75) is 19.5 Å². The van der Waals surface area contributed by atoms with Gasteiger partial charge in [0.25, 0.3) is 0 Å². The summed E-state index contributed by atoms with van der Waals surface area (Å²) in [6.07, 6.45) is 2.30. The molecule has 0 bridgehead atoms. The summed E-state index contributed by atoms with van der Waals surface area (Å²) in [5.74, 6) is -0.328. The maximum absolute atomic E-state index is 11.2. The molecule has 0 fully saturated rings. The number of carbonyl (C=O) groups excluding carboxylic acids is 1. The minimum atomic E-state index is -0.822. The Morgan fingerprint density at radius 1 is 1.69 bits per heavy atom. The van der Waals surface area contributed by atoms with E-state index in [9.17, 15) is 14.4 Å². The molecule has 0 saturated heterocycles. The molecule has 0 saturated carbocycles. The van der Waals surface area contributed by atoms with E-state index in [0.717, 1.165) is 4.57 Å². The molecular formula is C8H12N5O3. The molecule has 0 aliphatic heterocycles. The second kappa shape index (κ2) is 5.21. The highest BCUT2D eigenvalue weighted by molar-refractivity contribution is 5.80. The number of nitrogens with two attached hydrogens (primary N) is 1. The van der Waals surface area contributed by atoms with Gasteiger partial charge in [0.05, 0.1) is 6.04 Å². The molecule has 1 rings (SSSR count). The van der Waals surface area contributed by atoms with Gasteiger partial charge in [-0.25, -0.2) is 5.10 Å². The van der Waals surface area contributed by atoms with Gasteiger partial charge in [-0.2, -0.15) is 5.10 Å². The minimum Gasteiger partial charge on any atom is -0.353 e. The molecule has 1 atom stereocenters. The number of nitrogens with zero attached hydrogens (tertiary/aromatic N) is 2. The van der Waals surface area contributed by atoms with Crippen LogP contribution in [0, 0.1) is 6.33 Å². The van der Waals surface area contributed by atoms with Gasteiger partial charge in [-0.15, -0.1) is 0 Å². The van der Waals surface area contributed by atoms with E-state index in [4.69, 9.17) is 5.73 Å². The monoisotopic (exact) mass is 226 g/mol. The van der Waals surface area contributed by atoms with Gasteiger partial charge in [-0.1, -0.05) is 0 Å². The maximum Gasteiger partial charge on any atom is 0.330 e. The highest BCUT2D eigenvalue weighted by atomic mass is 16.2. The van der Waals surface area contributed by atoms with Crippen molar-refractivity contribution in [3.63, 3.8) is 0 Å². The van der Waals surface area contributed by atoms with Gasteiger partial charge in [-0.3, -0.25) is 19.0 Å². The van der Waals surface area contributed by atoms with Crippen molar-refractivity contribution < 1.29 is 4.79 Å². The highest BCUT2D eigenvalue weighted by Crippen LogP contribution is 1.76. The van der Waals surface area contributed by atoms with Crippen molar-refractivity contribution in [1.82, 2.24) is 20.1 Å². The van der Waals surface area contributed by atoms with Crippen LogP contribution in [0.3, 0.4) is 0 Å². The molecule has 1 heterocycles. The molecule has 0 spiro atoms. The summed E-state index contributed by atoms with van der Waals surface area (Å²) in [6.45, 7) is 1.85. The molecule has 8 nitrogen and oxygen atoms in total. The predicted molar refractivity (Wildman–Crippen MR) is 54.6 cm³/mol. The van der Waals surface area contributed by atoms with Gasteiger partial charge in [0, 0.05) is 13.1 Å². The Kier molecular flexibility index (Phi) is 3.95. The molecule has 1 radical (unpaired) electrons. The van der Waals surface area contributed by atoms with E-state index < -0.39 is 17.2 Å². The van der Waals surface area contributed by atoms with Crippen molar-refractivity contribution >= 4 is 5.91 Å². The number of hydrogen-bond donors (Lipinski definition) is 3. The Balaban J connectivity index is 2.56. The molecule has 8 heteroatoms. The number of hydrogen-bond acceptors (Lipinski definition) is 5. The fraction of sp³-hybridized carbons (Fsp3) is 0.500. The van der Waals surface area contributed by atoms with E-state index in [0.29, 0.717) is 0 Å². The lowest BCUT2D eigenvalue weighted by Crippen LogP contribution is -2.42. The lowest BCUT2D eigenvalue weighted by atomic mass is 10.3. The Hall–Kier alpha value is -1.96. The second-order valence-corrected chi connectivity index (χ2v) is 3.19. The van der Waals surface area contributed by atoms with Crippen molar-refractivity contribution in [2.24, 2.45) is 5.73 Å². The summed E-state index contributed by atoms with van der Waals surface area (Å²) in [6, 6.07) is -0.613. The van der Waals surface area contributed by atoms with Crippen LogP contribution < -0.4 is 22.2 Å². The number of rotatable bonds is 4. The van der Waals surface area contributed by atoms with Crippen LogP contribution in [0.5, 0.6) is 0 Å². The van der Waals surface area contributed by atoms with Crippen LogP contribution in [-0.4, -0.2) is 33.3 Å². The summed E-state index contributed by atoms with van der Waals surface area (Å²) >= 11 is 0. The van der Waals surface area contributed by atoms with Gasteiger partial charge in [0.15, 0.2) is 0 Å². The van der Waals surface area contributed by atoms with Crippen LogP contribution in [0.2, 0.25) is 0 Å². The first-order valence-electron chi connectivity index (χ1n) is 4.63. The molecule has 1 aromatic heterocycles. The Morgan fingerprint density at radius 2 is 2.38 bits per heavy atom. The number of amides is 1. The first-order chi connectivity index (χ1) is 7.52. The molecule has 1 aromatic rings. The van der Waals surface area contributed by atoms with E-state index in [1.165, 1.54) is 0 Å². The molecule has 0 aromatic carbocycles. The Morgan fingerprint density at radius 3 is 3.00 bits per heavy atom. The Bertz CT molecular complexity index is 475. The SMILES string of the molecule is C[C@@H](N)C(=O)NCCn1[c]n[nH]c(=O)c1=O. The van der Waals surface area contributed by atoms with Gasteiger partial charge in [-0.05, 0) is 6.92 Å². The van der Waals surface area contributed by atoms with Crippen molar-refractivity contribution in [3.05, 3.63) is 27.0 Å². The van der Waals surface area contributed by atoms with Crippen LogP contribution in [0.4, 0.5) is 0 Å². The number of aromatic amines is 1. The van der Waals surface area contributed by atoms with Crippen molar-refractivity contribution in [1.29, 1.82) is 0 Å². The normalized spacial score (nSPS) is 12.1. The summed E-state index contributed by atoms with van der Waals surface area (Å²) in [4.78, 5) is 33.1. The summed E-state index contributed by atoms with van der Waals surface area (Å²) < 4.78 is 0.986. The molecule has 0 unspecified atom stereocenters. The standard InChI is InChI=1S/C8H12N5O3/c1-5(9)6(14)10-2-3-13-4-11-12-7(15)8(13)16/h5H,2-3,9H2,1H3,(H,10,14)(H,12,15)/t5-/m1/s1. The third kappa shape index (κ3) is 3.02. The van der Waals surface area contributed by atoms with Gasteiger partial charge in [0.2, 0.25) is 12.2 Å². The molecule has 4 N–H and O–H groups in total. The third-order valence-electron chi connectivity index (χ3n) is 1.82. The largest absolute Gasteiger partial charge is 0.353 e. The predicted octanol–water partition coefficient (Wildman–Crippen LogP) is -2.80. The Labute approximate surface area is 90.5 Å². The topological polar surface area (TPSA) is 123 Å². The molecule has 16 heavy (non-hydrogen) atoms. The average Bonchev–Trinajstić information content (AvgIpc) is 2.24. The van der Waals surface area contributed by atoms with Gasteiger partial charge >= 0.3 is 11.1 Å². The summed E-state index contributed by atoms with van der Waals surface area (Å²) in [5, 5.41) is 7.79. The maximum atomic E-state index is 11.2. The van der Waals surface area contributed by atoms with Crippen LogP contribution in [-0.2, 0) is 11.3 Å². The van der Waals surface area contributed by atoms with Gasteiger partial charge in [0.1, 0.15) is 0 Å². The van der Waals surface area contributed by atoms with E-state index in [2.05, 4.69) is 16.7 Å². The van der Waals surface area contributed by atoms with E-state index in [1.807, 2.05) is 5.10 Å². The fourth-order valence-electron chi connectivity index (χ4n) is 0.955. The lowest BCUT2D eigenvalue weighted by molar-refractivity contribution is -0.122. The lowest BCUT2D eigenvalue weighted by Gasteiger charge is -2.07. The number of H-pyrrole nitrogens is 1. The zero-order chi connectivity index (χ0) is 12.1. The first-order valence-corrected chi connectivity index (χ1v) is 4.63. The van der Waals surface area contributed by atoms with E-state index in [-0.39, 0.29) is 19.0 Å². The zero-order valence-electron chi connectivity index (χ0n) is 8.69. The molecule has 0 aliphatic carbocycles. The number of aromatic nitrogens is 3. The fourth-order valence-corrected chi connectivity index (χ4v) is 0.955. The second-order valence-electron chi connectivity index (χ2n) is 3.19. The van der Waals surface area contributed by atoms with Crippen molar-refractivity contribution in [3.8, 4) is 0 Å². The molecule has 87 valence electrons. The van der Waals surface area contributed by atoms with E-state index in [1.54, 1.807) is 6.92 Å². The molecular weight excluding hydrogens is 214 g/mol. The smallest absolute Gasteiger partial charge is 0.330 e. The van der Waals surface area contributed by atoms with Crippen LogP contribution >= 0.6 is 0 Å². The van der Waals surface area contributed by atoms with Crippen molar-refractivity contribution in [2.75, 3.05) is 6.54 Å². The number of carbonyl (C=O) groups is 1. The molecule has 1 amide bonds. The minimum absolute atomic E-state index is 0.119. The number of nitrogens with one attached hydrogen (secondary N) is 2. The summed E-state index contributed by atoms with van der Waals surface area (Å²) in [7, 11) is 0. The van der Waals surface area contributed by atoms with E-state index >= 15 is 0 Å². The highest BCUT2D eigenvalue weighted by Gasteiger charge is 2.06. The van der Waals surface area contributed by atoms with Crippen LogP contribution in [0.1, 0.15) is 6.92 Å². The van der Waals surface area contributed by atoms with Crippen LogP contribution in [0.25, 0.3) is 0 Å². The average molecular weight is 226 g/mol.